The van der Waals surface area contributed by atoms with Crippen molar-refractivity contribution < 1.29 is 9.53 Å². The van der Waals surface area contributed by atoms with E-state index in [1.54, 1.807) is 0 Å². The molecule has 1 N–H and O–H groups in total. The number of rotatable bonds is 3. The van der Waals surface area contributed by atoms with Gasteiger partial charge in [-0.05, 0) is 24.9 Å². The van der Waals surface area contributed by atoms with Crippen LogP contribution in [-0.2, 0) is 16.0 Å². The summed E-state index contributed by atoms with van der Waals surface area (Å²) < 4.78 is 4.93. The predicted molar refractivity (Wildman–Crippen MR) is 69.3 cm³/mol. The number of methoxy groups -OCH3 is 1. The van der Waals surface area contributed by atoms with Crippen LogP contribution >= 0.6 is 12.4 Å². The van der Waals surface area contributed by atoms with Crippen molar-refractivity contribution in [3.63, 3.8) is 0 Å². The number of hydrogen-bond acceptors (Lipinski definition) is 3. The Balaban J connectivity index is 0.00000144. The van der Waals surface area contributed by atoms with Crippen molar-refractivity contribution in [3.8, 4) is 0 Å². The van der Waals surface area contributed by atoms with Crippen LogP contribution in [-0.4, -0.2) is 26.2 Å². The summed E-state index contributed by atoms with van der Waals surface area (Å²) in [6, 6.07) is 10.1. The molecule has 1 atom stereocenters. The number of carbonyl (C=O) groups is 1. The average Bonchev–Trinajstić information content (AvgIpc) is 2.79. The van der Waals surface area contributed by atoms with Gasteiger partial charge in [-0.15, -0.1) is 12.4 Å². The second-order valence-corrected chi connectivity index (χ2v) is 4.36. The van der Waals surface area contributed by atoms with E-state index in [9.17, 15) is 4.79 Å². The van der Waals surface area contributed by atoms with Gasteiger partial charge in [0, 0.05) is 6.54 Å². The second kappa shape index (κ2) is 6.03. The number of nitrogens with one attached hydrogen (secondary N) is 1. The fourth-order valence-electron chi connectivity index (χ4n) is 2.34. The summed E-state index contributed by atoms with van der Waals surface area (Å²) in [6.07, 6.45) is 1.61. The lowest BCUT2D eigenvalue weighted by Gasteiger charge is -2.24. The quantitative estimate of drug-likeness (QED) is 0.838. The smallest absolute Gasteiger partial charge is 0.313 e. The van der Waals surface area contributed by atoms with Gasteiger partial charge >= 0.3 is 5.97 Å². The number of esters is 1. The van der Waals surface area contributed by atoms with E-state index < -0.39 is 0 Å². The maximum Gasteiger partial charge on any atom is 0.313 e. The maximum absolute atomic E-state index is 11.9. The molecule has 1 aromatic rings. The van der Waals surface area contributed by atoms with E-state index in [1.807, 2.05) is 18.2 Å². The lowest BCUT2D eigenvalue weighted by molar-refractivity contribution is -0.151. The van der Waals surface area contributed by atoms with Gasteiger partial charge in [0.25, 0.3) is 0 Å². The third-order valence-electron chi connectivity index (χ3n) is 3.25. The lowest BCUT2D eigenvalue weighted by Crippen LogP contribution is -2.36. The molecule has 0 saturated carbocycles. The maximum atomic E-state index is 11.9. The van der Waals surface area contributed by atoms with E-state index in [4.69, 9.17) is 4.74 Å². The third-order valence-corrected chi connectivity index (χ3v) is 3.25. The van der Waals surface area contributed by atoms with Crippen LogP contribution in [0.25, 0.3) is 0 Å². The zero-order chi connectivity index (χ0) is 11.4. The van der Waals surface area contributed by atoms with Gasteiger partial charge in [0.1, 0.15) is 0 Å². The van der Waals surface area contributed by atoms with Crippen molar-refractivity contribution in [2.24, 2.45) is 5.41 Å². The molecule has 0 aliphatic carbocycles. The number of halogens is 1. The fourth-order valence-corrected chi connectivity index (χ4v) is 2.34. The summed E-state index contributed by atoms with van der Waals surface area (Å²) >= 11 is 0. The van der Waals surface area contributed by atoms with E-state index in [-0.39, 0.29) is 23.8 Å². The second-order valence-electron chi connectivity index (χ2n) is 4.36. The Hall–Kier alpha value is -1.06. The summed E-state index contributed by atoms with van der Waals surface area (Å²) in [5.74, 6) is -0.0960. The van der Waals surface area contributed by atoms with E-state index in [0.29, 0.717) is 6.54 Å². The van der Waals surface area contributed by atoms with Gasteiger partial charge in [-0.3, -0.25) is 4.79 Å². The molecule has 0 bridgehead atoms. The van der Waals surface area contributed by atoms with Crippen LogP contribution in [0.3, 0.4) is 0 Å². The minimum atomic E-state index is -0.365. The van der Waals surface area contributed by atoms with Gasteiger partial charge in [0.15, 0.2) is 0 Å². The van der Waals surface area contributed by atoms with Crippen LogP contribution in [0.2, 0.25) is 0 Å². The molecule has 0 spiro atoms. The molecule has 0 aromatic heterocycles. The van der Waals surface area contributed by atoms with Gasteiger partial charge in [-0.2, -0.15) is 0 Å². The van der Waals surface area contributed by atoms with Crippen LogP contribution in [0.5, 0.6) is 0 Å². The first-order chi connectivity index (χ1) is 7.77. The SMILES string of the molecule is COC(=O)C1(Cc2ccccc2)CCNC1.Cl. The van der Waals surface area contributed by atoms with E-state index in [1.165, 1.54) is 12.7 Å². The summed E-state index contributed by atoms with van der Waals surface area (Å²) in [5, 5.41) is 3.25. The van der Waals surface area contributed by atoms with Crippen LogP contribution in [0.4, 0.5) is 0 Å². The first kappa shape index (κ1) is 14.0. The van der Waals surface area contributed by atoms with E-state index in [0.717, 1.165) is 19.4 Å². The number of benzene rings is 1. The fraction of sp³-hybridized carbons (Fsp3) is 0.462. The summed E-state index contributed by atoms with van der Waals surface area (Å²) in [7, 11) is 1.47. The standard InChI is InChI=1S/C13H17NO2.ClH/c1-16-12(15)13(7-8-14-10-13)9-11-5-3-2-4-6-11;/h2-6,14H,7-10H2,1H3;1H. The molecule has 2 rings (SSSR count). The number of hydrogen-bond donors (Lipinski definition) is 1. The molecule has 0 amide bonds. The first-order valence-electron chi connectivity index (χ1n) is 5.60. The molecule has 1 aliphatic heterocycles. The first-order valence-corrected chi connectivity index (χ1v) is 5.60. The molecule has 4 heteroatoms. The largest absolute Gasteiger partial charge is 0.469 e. The van der Waals surface area contributed by atoms with Crippen molar-refractivity contribution in [2.45, 2.75) is 12.8 Å². The topological polar surface area (TPSA) is 38.3 Å². The van der Waals surface area contributed by atoms with Gasteiger partial charge in [-0.25, -0.2) is 0 Å². The summed E-state index contributed by atoms with van der Waals surface area (Å²) in [5.41, 5.74) is 0.826. The normalized spacial score (nSPS) is 22.9. The summed E-state index contributed by atoms with van der Waals surface area (Å²) in [6.45, 7) is 1.61. The highest BCUT2D eigenvalue weighted by atomic mass is 35.5. The van der Waals surface area contributed by atoms with Gasteiger partial charge in [0.05, 0.1) is 12.5 Å². The van der Waals surface area contributed by atoms with E-state index in [2.05, 4.69) is 17.4 Å². The van der Waals surface area contributed by atoms with Crippen molar-refractivity contribution in [1.82, 2.24) is 5.32 Å². The highest BCUT2D eigenvalue weighted by molar-refractivity contribution is 5.85. The van der Waals surface area contributed by atoms with E-state index >= 15 is 0 Å². The molecule has 1 heterocycles. The van der Waals surface area contributed by atoms with Crippen LogP contribution in [0.1, 0.15) is 12.0 Å². The number of carbonyl (C=O) groups excluding carboxylic acids is 1. The molecule has 1 aliphatic rings. The molecule has 0 radical (unpaired) electrons. The van der Waals surface area contributed by atoms with Gasteiger partial charge in [0.2, 0.25) is 0 Å². The van der Waals surface area contributed by atoms with Crippen molar-refractivity contribution in [3.05, 3.63) is 35.9 Å². The zero-order valence-corrected chi connectivity index (χ0v) is 10.8. The van der Waals surface area contributed by atoms with Crippen molar-refractivity contribution in [2.75, 3.05) is 20.2 Å². The predicted octanol–water partition coefficient (Wildman–Crippen LogP) is 1.80. The minimum absolute atomic E-state index is 0. The highest BCUT2D eigenvalue weighted by Gasteiger charge is 2.42. The van der Waals surface area contributed by atoms with Crippen LogP contribution in [0.15, 0.2) is 30.3 Å². The highest BCUT2D eigenvalue weighted by Crippen LogP contribution is 2.31. The Labute approximate surface area is 108 Å². The Morgan fingerprint density at radius 1 is 1.41 bits per heavy atom. The minimum Gasteiger partial charge on any atom is -0.469 e. The summed E-state index contributed by atoms with van der Waals surface area (Å²) in [4.78, 5) is 11.9. The van der Waals surface area contributed by atoms with Crippen molar-refractivity contribution in [1.29, 1.82) is 0 Å². The molecule has 17 heavy (non-hydrogen) atoms. The molecular formula is C13H18ClNO2. The Morgan fingerprint density at radius 3 is 2.65 bits per heavy atom. The molecule has 1 saturated heterocycles. The third kappa shape index (κ3) is 2.99. The van der Waals surface area contributed by atoms with Crippen LogP contribution in [0, 0.1) is 5.41 Å². The Kier molecular flexibility index (Phi) is 4.97. The molecule has 94 valence electrons. The number of ether oxygens (including phenoxy) is 1. The van der Waals surface area contributed by atoms with Gasteiger partial charge in [-0.1, -0.05) is 30.3 Å². The Bertz CT molecular complexity index is 361. The van der Waals surface area contributed by atoms with Gasteiger partial charge < -0.3 is 10.1 Å². The monoisotopic (exact) mass is 255 g/mol. The van der Waals surface area contributed by atoms with Crippen LogP contribution < -0.4 is 5.32 Å². The van der Waals surface area contributed by atoms with Crippen molar-refractivity contribution >= 4 is 18.4 Å². The molecule has 1 aromatic carbocycles. The molecular weight excluding hydrogens is 238 g/mol. The lowest BCUT2D eigenvalue weighted by atomic mass is 9.81. The zero-order valence-electron chi connectivity index (χ0n) is 9.94. The molecule has 1 fully saturated rings. The Morgan fingerprint density at radius 2 is 2.12 bits per heavy atom. The average molecular weight is 256 g/mol. The molecule has 3 nitrogen and oxygen atoms in total. The molecule has 1 unspecified atom stereocenters.